The summed E-state index contributed by atoms with van der Waals surface area (Å²) in [6.45, 7) is 8.20. The monoisotopic (exact) mass is 446 g/mol. The second kappa shape index (κ2) is 11.7. The second-order valence-electron chi connectivity index (χ2n) is 6.99. The van der Waals surface area contributed by atoms with Crippen molar-refractivity contribution in [2.45, 2.75) is 57.2 Å². The molecule has 1 unspecified atom stereocenters. The summed E-state index contributed by atoms with van der Waals surface area (Å²) in [4.78, 5) is 33.2. The van der Waals surface area contributed by atoms with E-state index in [2.05, 4.69) is 35.2 Å². The minimum atomic E-state index is -0.420. The number of nitrogens with one attached hydrogen (secondary N) is 1. The van der Waals surface area contributed by atoms with Crippen LogP contribution in [0.1, 0.15) is 51.1 Å². The molecule has 7 nitrogen and oxygen atoms in total. The molecule has 1 amide bonds. The highest BCUT2D eigenvalue weighted by molar-refractivity contribution is 8.00. The van der Waals surface area contributed by atoms with Gasteiger partial charge in [0.1, 0.15) is 11.1 Å². The third-order valence-corrected chi connectivity index (χ3v) is 6.16. The van der Waals surface area contributed by atoms with Gasteiger partial charge in [0.2, 0.25) is 5.91 Å². The van der Waals surface area contributed by atoms with E-state index in [-0.39, 0.29) is 18.3 Å². The summed E-state index contributed by atoms with van der Waals surface area (Å²) >= 11 is 2.55. The van der Waals surface area contributed by atoms with E-state index >= 15 is 0 Å². The standard InChI is InChI=1S/C21H26N4O3S2/c1-5-17(30-20-14(11-22)7-8-15(23-20)9-13(3)4)19(27)25-21-24-16(12-29-21)10-18(26)28-6-2/h7-8,12-13,17H,5-6,9-10H2,1-4H3,(H,24,25,27). The van der Waals surface area contributed by atoms with E-state index in [0.717, 1.165) is 12.1 Å². The number of carbonyl (C=O) groups excluding carboxylic acids is 2. The molecule has 0 aromatic carbocycles. The molecular formula is C21H26N4O3S2. The highest BCUT2D eigenvalue weighted by Crippen LogP contribution is 2.29. The van der Waals surface area contributed by atoms with Crippen LogP contribution in [0, 0.1) is 17.2 Å². The van der Waals surface area contributed by atoms with Crippen LogP contribution in [-0.4, -0.2) is 33.7 Å². The summed E-state index contributed by atoms with van der Waals surface area (Å²) < 4.78 is 4.92. The lowest BCUT2D eigenvalue weighted by Gasteiger charge is -2.15. The lowest BCUT2D eigenvalue weighted by Crippen LogP contribution is -2.25. The van der Waals surface area contributed by atoms with Crippen LogP contribution in [0.2, 0.25) is 0 Å². The van der Waals surface area contributed by atoms with Crippen molar-refractivity contribution >= 4 is 40.1 Å². The van der Waals surface area contributed by atoms with E-state index in [1.807, 2.05) is 13.0 Å². The zero-order chi connectivity index (χ0) is 22.1. The maximum Gasteiger partial charge on any atom is 0.311 e. The van der Waals surface area contributed by atoms with Crippen LogP contribution in [0.25, 0.3) is 0 Å². The van der Waals surface area contributed by atoms with Crippen molar-refractivity contribution in [1.82, 2.24) is 9.97 Å². The minimum Gasteiger partial charge on any atom is -0.466 e. The van der Waals surface area contributed by atoms with Gasteiger partial charge in [0.15, 0.2) is 5.13 Å². The summed E-state index contributed by atoms with van der Waals surface area (Å²) in [5.41, 5.74) is 1.93. The highest BCUT2D eigenvalue weighted by Gasteiger charge is 2.22. The number of nitriles is 1. The summed E-state index contributed by atoms with van der Waals surface area (Å²) in [6.07, 6.45) is 1.45. The Kier molecular flexibility index (Phi) is 9.27. The number of hydrogen-bond acceptors (Lipinski definition) is 8. The molecule has 2 heterocycles. The number of aromatic nitrogens is 2. The first-order valence-electron chi connectivity index (χ1n) is 9.83. The zero-order valence-electron chi connectivity index (χ0n) is 17.6. The topological polar surface area (TPSA) is 105 Å². The molecule has 2 rings (SSSR count). The lowest BCUT2D eigenvalue weighted by molar-refractivity contribution is -0.142. The molecule has 0 aliphatic heterocycles. The van der Waals surface area contributed by atoms with Gasteiger partial charge >= 0.3 is 5.97 Å². The fourth-order valence-electron chi connectivity index (χ4n) is 2.63. The van der Waals surface area contributed by atoms with Gasteiger partial charge in [-0.05, 0) is 37.8 Å². The maximum atomic E-state index is 12.8. The van der Waals surface area contributed by atoms with E-state index in [0.29, 0.717) is 40.4 Å². The molecule has 0 saturated heterocycles. The van der Waals surface area contributed by atoms with Gasteiger partial charge in [-0.15, -0.1) is 11.3 Å². The van der Waals surface area contributed by atoms with Crippen LogP contribution in [0.3, 0.4) is 0 Å². The molecule has 0 aliphatic rings. The quantitative estimate of drug-likeness (QED) is 0.430. The Morgan fingerprint density at radius 2 is 2.03 bits per heavy atom. The zero-order valence-corrected chi connectivity index (χ0v) is 19.2. The summed E-state index contributed by atoms with van der Waals surface area (Å²) in [6, 6.07) is 5.79. The molecule has 1 atom stereocenters. The van der Waals surface area contributed by atoms with Gasteiger partial charge in [-0.3, -0.25) is 9.59 Å². The number of nitrogens with zero attached hydrogens (tertiary/aromatic N) is 3. The van der Waals surface area contributed by atoms with E-state index in [1.165, 1.54) is 23.1 Å². The van der Waals surface area contributed by atoms with E-state index in [4.69, 9.17) is 4.74 Å². The Labute approximate surface area is 185 Å². The van der Waals surface area contributed by atoms with Gasteiger partial charge in [0, 0.05) is 11.1 Å². The van der Waals surface area contributed by atoms with Gasteiger partial charge in [-0.25, -0.2) is 9.97 Å². The van der Waals surface area contributed by atoms with Crippen LogP contribution in [0.4, 0.5) is 5.13 Å². The van der Waals surface area contributed by atoms with Gasteiger partial charge in [0.05, 0.1) is 29.5 Å². The van der Waals surface area contributed by atoms with Gasteiger partial charge in [0.25, 0.3) is 0 Å². The fourth-order valence-corrected chi connectivity index (χ4v) is 4.36. The number of thiazole rings is 1. The van der Waals surface area contributed by atoms with Crippen molar-refractivity contribution < 1.29 is 14.3 Å². The fraction of sp³-hybridized carbons (Fsp3) is 0.476. The third kappa shape index (κ3) is 7.11. The Balaban J connectivity index is 2.08. The molecule has 0 bridgehead atoms. The van der Waals surface area contributed by atoms with Crippen molar-refractivity contribution in [2.24, 2.45) is 5.92 Å². The summed E-state index contributed by atoms with van der Waals surface area (Å²) in [7, 11) is 0. The smallest absolute Gasteiger partial charge is 0.311 e. The molecule has 0 radical (unpaired) electrons. The van der Waals surface area contributed by atoms with Crippen LogP contribution < -0.4 is 5.32 Å². The second-order valence-corrected chi connectivity index (χ2v) is 9.04. The predicted molar refractivity (Wildman–Crippen MR) is 119 cm³/mol. The number of thioether (sulfide) groups is 1. The molecule has 0 aliphatic carbocycles. The molecule has 160 valence electrons. The summed E-state index contributed by atoms with van der Waals surface area (Å²) in [5, 5.41) is 14.5. The average Bonchev–Trinajstić information content (AvgIpc) is 3.12. The Morgan fingerprint density at radius 3 is 2.67 bits per heavy atom. The van der Waals surface area contributed by atoms with Crippen LogP contribution in [-0.2, 0) is 27.2 Å². The Bertz CT molecular complexity index is 921. The normalized spacial score (nSPS) is 11.7. The SMILES string of the molecule is CCOC(=O)Cc1csc(NC(=O)C(CC)Sc2nc(CC(C)C)ccc2C#N)n1. The third-order valence-electron chi connectivity index (χ3n) is 3.99. The molecule has 9 heteroatoms. The molecule has 1 N–H and O–H groups in total. The lowest BCUT2D eigenvalue weighted by atomic mass is 10.1. The van der Waals surface area contributed by atoms with Gasteiger partial charge in [-0.1, -0.05) is 32.5 Å². The number of ether oxygens (including phenoxy) is 1. The molecule has 0 fully saturated rings. The largest absolute Gasteiger partial charge is 0.466 e. The number of esters is 1. The number of anilines is 1. The molecule has 0 spiro atoms. The molecule has 30 heavy (non-hydrogen) atoms. The maximum absolute atomic E-state index is 12.8. The Morgan fingerprint density at radius 1 is 1.27 bits per heavy atom. The Hall–Kier alpha value is -2.44. The minimum absolute atomic E-state index is 0.0737. The van der Waals surface area contributed by atoms with Crippen molar-refractivity contribution in [1.29, 1.82) is 5.26 Å². The van der Waals surface area contributed by atoms with Gasteiger partial charge < -0.3 is 10.1 Å². The highest BCUT2D eigenvalue weighted by atomic mass is 32.2. The first-order valence-corrected chi connectivity index (χ1v) is 11.6. The molecule has 2 aromatic heterocycles. The van der Waals surface area contributed by atoms with Crippen molar-refractivity contribution in [3.63, 3.8) is 0 Å². The first-order chi connectivity index (χ1) is 14.4. The summed E-state index contributed by atoms with van der Waals surface area (Å²) in [5.74, 6) is -0.110. The van der Waals surface area contributed by atoms with Crippen molar-refractivity contribution in [3.05, 3.63) is 34.5 Å². The predicted octanol–water partition coefficient (Wildman–Crippen LogP) is 4.22. The average molecular weight is 447 g/mol. The first kappa shape index (κ1) is 23.8. The number of carbonyl (C=O) groups is 2. The van der Waals surface area contributed by atoms with E-state index in [1.54, 1.807) is 18.4 Å². The number of amides is 1. The molecule has 2 aromatic rings. The van der Waals surface area contributed by atoms with E-state index < -0.39 is 5.25 Å². The number of rotatable bonds is 10. The van der Waals surface area contributed by atoms with Crippen molar-refractivity contribution in [2.75, 3.05) is 11.9 Å². The molecule has 0 saturated carbocycles. The number of hydrogen-bond donors (Lipinski definition) is 1. The van der Waals surface area contributed by atoms with Gasteiger partial charge in [-0.2, -0.15) is 5.26 Å². The van der Waals surface area contributed by atoms with Crippen molar-refractivity contribution in [3.8, 4) is 6.07 Å². The van der Waals surface area contributed by atoms with Crippen LogP contribution in [0.5, 0.6) is 0 Å². The molecular weight excluding hydrogens is 420 g/mol. The van der Waals surface area contributed by atoms with Crippen LogP contribution in [0.15, 0.2) is 22.5 Å². The van der Waals surface area contributed by atoms with E-state index in [9.17, 15) is 14.9 Å². The number of pyridine rings is 1. The van der Waals surface area contributed by atoms with Crippen LogP contribution >= 0.6 is 23.1 Å².